The Hall–Kier alpha value is -1.72. The Bertz CT molecular complexity index is 724. The van der Waals surface area contributed by atoms with E-state index in [9.17, 15) is 9.59 Å². The third kappa shape index (κ3) is 2.26. The van der Waals surface area contributed by atoms with Gasteiger partial charge in [0, 0.05) is 28.4 Å². The van der Waals surface area contributed by atoms with E-state index in [-0.39, 0.29) is 11.9 Å². The first-order valence-electron chi connectivity index (χ1n) is 7.28. The minimum atomic E-state index is -0.0184. The van der Waals surface area contributed by atoms with Crippen molar-refractivity contribution >= 4 is 33.6 Å². The fourth-order valence-electron chi connectivity index (χ4n) is 3.50. The third-order valence-corrected chi connectivity index (χ3v) is 5.57. The zero-order chi connectivity index (χ0) is 14.4. The highest BCUT2D eigenvalue weighted by atomic mass is 32.1. The van der Waals surface area contributed by atoms with Crippen molar-refractivity contribution in [1.29, 1.82) is 0 Å². The van der Waals surface area contributed by atoms with Gasteiger partial charge in [0.25, 0.3) is 5.91 Å². The normalized spacial score (nSPS) is 27.1. The summed E-state index contributed by atoms with van der Waals surface area (Å²) in [5.41, 5.74) is 0.667. The fourth-order valence-corrected chi connectivity index (χ4v) is 4.36. The summed E-state index contributed by atoms with van der Waals surface area (Å²) in [5, 5.41) is 7.63. The van der Waals surface area contributed by atoms with Crippen LogP contribution in [0.3, 0.4) is 0 Å². The number of amides is 1. The molecule has 3 atom stereocenters. The van der Waals surface area contributed by atoms with Gasteiger partial charge in [0.2, 0.25) is 0 Å². The monoisotopic (exact) mass is 300 g/mol. The van der Waals surface area contributed by atoms with Crippen molar-refractivity contribution in [2.75, 3.05) is 0 Å². The lowest BCUT2D eigenvalue weighted by Gasteiger charge is -2.21. The summed E-state index contributed by atoms with van der Waals surface area (Å²) in [7, 11) is 0. The Labute approximate surface area is 126 Å². The maximum Gasteiger partial charge on any atom is 0.251 e. The van der Waals surface area contributed by atoms with Crippen molar-refractivity contribution in [1.82, 2.24) is 10.6 Å². The number of carbonyl (C=O) groups excluding carboxylic acids is 2. The summed E-state index contributed by atoms with van der Waals surface area (Å²) in [6, 6.07) is 8.72. The highest BCUT2D eigenvalue weighted by Gasteiger charge is 2.39. The van der Waals surface area contributed by atoms with E-state index in [1.165, 1.54) is 17.8 Å². The molecule has 2 aromatic rings. The second-order valence-corrected chi connectivity index (χ2v) is 7.00. The van der Waals surface area contributed by atoms with E-state index >= 15 is 0 Å². The number of carbonyl (C=O) groups is 2. The van der Waals surface area contributed by atoms with Crippen LogP contribution in [0.25, 0.3) is 10.1 Å². The van der Waals surface area contributed by atoms with Gasteiger partial charge >= 0.3 is 0 Å². The fraction of sp³-hybridized carbons (Fsp3) is 0.375. The van der Waals surface area contributed by atoms with E-state index in [1.54, 1.807) is 0 Å². The maximum absolute atomic E-state index is 12.4. The first-order valence-corrected chi connectivity index (χ1v) is 8.10. The van der Waals surface area contributed by atoms with Gasteiger partial charge in [0.15, 0.2) is 6.29 Å². The SMILES string of the molecule is O=Cc1cc2cc(C(=O)N[C@@H]3C[C@H]4CC[C@@H]3N4)ccc2s1. The topological polar surface area (TPSA) is 58.2 Å². The van der Waals surface area contributed by atoms with E-state index in [2.05, 4.69) is 10.6 Å². The minimum absolute atomic E-state index is 0.0184. The first-order chi connectivity index (χ1) is 10.2. The van der Waals surface area contributed by atoms with E-state index in [0.29, 0.717) is 22.5 Å². The molecule has 1 aromatic heterocycles. The molecule has 1 amide bonds. The quantitative estimate of drug-likeness (QED) is 0.855. The van der Waals surface area contributed by atoms with Crippen molar-refractivity contribution < 1.29 is 9.59 Å². The van der Waals surface area contributed by atoms with E-state index in [1.807, 2.05) is 24.3 Å². The molecule has 2 saturated heterocycles. The lowest BCUT2D eigenvalue weighted by atomic mass is 9.95. The molecule has 0 spiro atoms. The average Bonchev–Trinajstić information content (AvgIpc) is 3.20. The summed E-state index contributed by atoms with van der Waals surface area (Å²) >= 11 is 1.45. The van der Waals surface area contributed by atoms with Crippen molar-refractivity contribution in [3.8, 4) is 0 Å². The standard InChI is InChI=1S/C16H16N2O2S/c19-8-12-6-10-5-9(1-4-15(10)21-12)16(20)18-14-7-11-2-3-13(14)17-11/h1,4-6,8,11,13-14,17H,2-3,7H2,(H,18,20)/t11-,13+,14-/m1/s1. The van der Waals surface area contributed by atoms with E-state index < -0.39 is 0 Å². The number of thiophene rings is 1. The van der Waals surface area contributed by atoms with Gasteiger partial charge in [-0.3, -0.25) is 9.59 Å². The second-order valence-electron chi connectivity index (χ2n) is 5.88. The Morgan fingerprint density at radius 1 is 1.33 bits per heavy atom. The number of hydrogen-bond acceptors (Lipinski definition) is 4. The van der Waals surface area contributed by atoms with Gasteiger partial charge in [-0.05, 0) is 48.9 Å². The highest BCUT2D eigenvalue weighted by Crippen LogP contribution is 2.29. The van der Waals surface area contributed by atoms with Crippen molar-refractivity contribution in [3.05, 3.63) is 34.7 Å². The van der Waals surface area contributed by atoms with Gasteiger partial charge in [-0.2, -0.15) is 0 Å². The summed E-state index contributed by atoms with van der Waals surface area (Å²) in [4.78, 5) is 23.9. The molecule has 108 valence electrons. The van der Waals surface area contributed by atoms with E-state index in [4.69, 9.17) is 0 Å². The Morgan fingerprint density at radius 2 is 2.24 bits per heavy atom. The lowest BCUT2D eigenvalue weighted by molar-refractivity contribution is 0.0931. The van der Waals surface area contributed by atoms with Gasteiger partial charge in [-0.1, -0.05) is 0 Å². The van der Waals surface area contributed by atoms with Crippen molar-refractivity contribution in [3.63, 3.8) is 0 Å². The molecule has 2 fully saturated rings. The molecule has 0 aliphatic carbocycles. The van der Waals surface area contributed by atoms with Crippen LogP contribution in [-0.2, 0) is 0 Å². The van der Waals surface area contributed by atoms with Crippen molar-refractivity contribution in [2.24, 2.45) is 0 Å². The molecular weight excluding hydrogens is 284 g/mol. The molecule has 0 radical (unpaired) electrons. The number of aldehydes is 1. The molecule has 21 heavy (non-hydrogen) atoms. The van der Waals surface area contributed by atoms with Crippen LogP contribution >= 0.6 is 11.3 Å². The summed E-state index contributed by atoms with van der Waals surface area (Å²) in [5.74, 6) is -0.0184. The molecule has 2 bridgehead atoms. The molecule has 4 rings (SSSR count). The summed E-state index contributed by atoms with van der Waals surface area (Å²) in [6.45, 7) is 0. The van der Waals surface area contributed by atoms with Crippen LogP contribution in [-0.4, -0.2) is 30.3 Å². The summed E-state index contributed by atoms with van der Waals surface area (Å²) < 4.78 is 1.04. The second kappa shape index (κ2) is 4.93. The van der Waals surface area contributed by atoms with Crippen LogP contribution < -0.4 is 10.6 Å². The van der Waals surface area contributed by atoms with Crippen LogP contribution in [0, 0.1) is 0 Å². The predicted octanol–water partition coefficient (Wildman–Crippen LogP) is 2.34. The molecular formula is C16H16N2O2S. The first kappa shape index (κ1) is 13.0. The molecule has 3 heterocycles. The molecule has 2 aliphatic rings. The molecule has 2 aliphatic heterocycles. The number of fused-ring (bicyclic) bond motifs is 3. The number of hydrogen-bond donors (Lipinski definition) is 2. The van der Waals surface area contributed by atoms with Gasteiger partial charge in [0.1, 0.15) is 0 Å². The molecule has 5 heteroatoms. The highest BCUT2D eigenvalue weighted by molar-refractivity contribution is 7.20. The van der Waals surface area contributed by atoms with Crippen LogP contribution in [0.4, 0.5) is 0 Å². The van der Waals surface area contributed by atoms with Crippen LogP contribution in [0.1, 0.15) is 39.3 Å². The molecule has 1 aromatic carbocycles. The smallest absolute Gasteiger partial charge is 0.251 e. The third-order valence-electron chi connectivity index (χ3n) is 4.53. The Morgan fingerprint density at radius 3 is 2.95 bits per heavy atom. The van der Waals surface area contributed by atoms with Crippen LogP contribution in [0.15, 0.2) is 24.3 Å². The number of rotatable bonds is 3. The van der Waals surface area contributed by atoms with Crippen LogP contribution in [0.5, 0.6) is 0 Å². The van der Waals surface area contributed by atoms with E-state index in [0.717, 1.165) is 29.2 Å². The number of nitrogens with one attached hydrogen (secondary N) is 2. The largest absolute Gasteiger partial charge is 0.348 e. The van der Waals surface area contributed by atoms with Gasteiger partial charge in [-0.15, -0.1) is 11.3 Å². The zero-order valence-corrected chi connectivity index (χ0v) is 12.3. The van der Waals surface area contributed by atoms with Crippen molar-refractivity contribution in [2.45, 2.75) is 37.4 Å². The van der Waals surface area contributed by atoms with Crippen LogP contribution in [0.2, 0.25) is 0 Å². The molecule has 0 unspecified atom stereocenters. The summed E-state index contributed by atoms with van der Waals surface area (Å²) in [6.07, 6.45) is 4.27. The average molecular weight is 300 g/mol. The van der Waals surface area contributed by atoms with Gasteiger partial charge in [0.05, 0.1) is 4.88 Å². The predicted molar refractivity (Wildman–Crippen MR) is 83.0 cm³/mol. The molecule has 4 nitrogen and oxygen atoms in total. The van der Waals surface area contributed by atoms with Gasteiger partial charge in [-0.25, -0.2) is 0 Å². The molecule has 2 N–H and O–H groups in total. The number of benzene rings is 1. The Kier molecular flexibility index (Phi) is 3.05. The molecule has 0 saturated carbocycles. The minimum Gasteiger partial charge on any atom is -0.348 e. The maximum atomic E-state index is 12.4. The van der Waals surface area contributed by atoms with Gasteiger partial charge < -0.3 is 10.6 Å². The lowest BCUT2D eigenvalue weighted by Crippen LogP contribution is -2.42. The Balaban J connectivity index is 1.54. The zero-order valence-electron chi connectivity index (χ0n) is 11.5.